The number of nitrogens with zero attached hydrogens (tertiary/aromatic N) is 1. The first-order chi connectivity index (χ1) is 15.0. The SMILES string of the molecule is Cc1ccc(-c2ccccc2)cc1-c1c2ccc([Si]3(C)CCCCC3)cc2cc[n+]1C. The summed E-state index contributed by atoms with van der Waals surface area (Å²) in [6.45, 7) is 4.83. The van der Waals surface area contributed by atoms with Crippen molar-refractivity contribution in [1.29, 1.82) is 0 Å². The van der Waals surface area contributed by atoms with Crippen LogP contribution in [0.2, 0.25) is 18.6 Å². The van der Waals surface area contributed by atoms with E-state index in [1.807, 2.05) is 0 Å². The van der Waals surface area contributed by atoms with Crippen LogP contribution < -0.4 is 9.75 Å². The minimum Gasteiger partial charge on any atom is -0.200 e. The first-order valence-electron chi connectivity index (χ1n) is 11.6. The largest absolute Gasteiger partial charge is 0.220 e. The molecule has 31 heavy (non-hydrogen) atoms. The van der Waals surface area contributed by atoms with Gasteiger partial charge < -0.3 is 0 Å². The van der Waals surface area contributed by atoms with E-state index in [2.05, 4.69) is 104 Å². The van der Waals surface area contributed by atoms with Crippen molar-refractivity contribution in [1.82, 2.24) is 0 Å². The van der Waals surface area contributed by atoms with E-state index in [1.165, 1.54) is 70.1 Å². The lowest BCUT2D eigenvalue weighted by Gasteiger charge is -2.32. The molecule has 1 aliphatic rings. The third-order valence-electron chi connectivity index (χ3n) is 7.39. The van der Waals surface area contributed by atoms with Crippen molar-refractivity contribution < 1.29 is 4.57 Å². The lowest BCUT2D eigenvalue weighted by molar-refractivity contribution is -0.659. The highest BCUT2D eigenvalue weighted by Crippen LogP contribution is 2.33. The molecular weight excluding hydrogens is 390 g/mol. The Morgan fingerprint density at radius 3 is 2.32 bits per heavy atom. The lowest BCUT2D eigenvalue weighted by atomic mass is 9.95. The molecule has 1 nitrogen and oxygen atoms in total. The third kappa shape index (κ3) is 3.74. The van der Waals surface area contributed by atoms with Crippen molar-refractivity contribution in [3.05, 3.63) is 84.6 Å². The number of aryl methyl sites for hydroxylation is 2. The van der Waals surface area contributed by atoms with Crippen molar-refractivity contribution in [2.45, 2.75) is 44.8 Å². The number of rotatable bonds is 3. The minimum atomic E-state index is -1.31. The summed E-state index contributed by atoms with van der Waals surface area (Å²) in [4.78, 5) is 0. The van der Waals surface area contributed by atoms with Gasteiger partial charge in [-0.25, -0.2) is 4.57 Å². The predicted molar refractivity (Wildman–Crippen MR) is 135 cm³/mol. The van der Waals surface area contributed by atoms with Crippen LogP contribution in [0.25, 0.3) is 33.2 Å². The summed E-state index contributed by atoms with van der Waals surface area (Å²) in [6, 6.07) is 30.2. The average molecular weight is 423 g/mol. The molecule has 0 saturated carbocycles. The van der Waals surface area contributed by atoms with Gasteiger partial charge in [-0.2, -0.15) is 0 Å². The Balaban J connectivity index is 1.66. The summed E-state index contributed by atoms with van der Waals surface area (Å²) in [5.41, 5.74) is 6.50. The van der Waals surface area contributed by atoms with E-state index in [0.29, 0.717) is 0 Å². The van der Waals surface area contributed by atoms with Crippen LogP contribution in [-0.4, -0.2) is 8.07 Å². The maximum atomic E-state index is 2.60. The monoisotopic (exact) mass is 422 g/mol. The van der Waals surface area contributed by atoms with Crippen LogP contribution in [0.5, 0.6) is 0 Å². The van der Waals surface area contributed by atoms with Crippen LogP contribution in [0.3, 0.4) is 0 Å². The zero-order valence-corrected chi connectivity index (χ0v) is 20.0. The normalized spacial score (nSPS) is 15.8. The van der Waals surface area contributed by atoms with Gasteiger partial charge in [0.25, 0.3) is 0 Å². The molecule has 2 heteroatoms. The van der Waals surface area contributed by atoms with Gasteiger partial charge >= 0.3 is 0 Å². The molecule has 3 aromatic carbocycles. The molecule has 4 aromatic rings. The lowest BCUT2D eigenvalue weighted by Crippen LogP contribution is -2.45. The Kier molecular flexibility index (Phi) is 5.27. The fourth-order valence-corrected chi connectivity index (χ4v) is 9.27. The molecule has 0 amide bonds. The first kappa shape index (κ1) is 20.2. The summed E-state index contributed by atoms with van der Waals surface area (Å²) < 4.78 is 2.29. The van der Waals surface area contributed by atoms with Gasteiger partial charge in [-0.1, -0.05) is 97.7 Å². The molecule has 156 valence electrons. The first-order valence-corrected chi connectivity index (χ1v) is 14.6. The van der Waals surface area contributed by atoms with Gasteiger partial charge in [0, 0.05) is 6.07 Å². The summed E-state index contributed by atoms with van der Waals surface area (Å²) in [7, 11) is 0.864. The Bertz CT molecular complexity index is 1240. The highest BCUT2D eigenvalue weighted by atomic mass is 28.3. The molecule has 1 aliphatic heterocycles. The molecule has 1 aromatic heterocycles. The second-order valence-electron chi connectivity index (χ2n) is 9.59. The molecule has 0 aliphatic carbocycles. The maximum Gasteiger partial charge on any atom is 0.220 e. The van der Waals surface area contributed by atoms with Gasteiger partial charge in [0.05, 0.1) is 19.0 Å². The molecular formula is C29H32NSi+. The van der Waals surface area contributed by atoms with Gasteiger partial charge in [0.2, 0.25) is 5.69 Å². The molecule has 0 radical (unpaired) electrons. The van der Waals surface area contributed by atoms with Crippen molar-refractivity contribution in [2.24, 2.45) is 7.05 Å². The number of fused-ring (bicyclic) bond motifs is 1. The van der Waals surface area contributed by atoms with Crippen LogP contribution in [0, 0.1) is 6.92 Å². The number of hydrogen-bond acceptors (Lipinski definition) is 0. The van der Waals surface area contributed by atoms with E-state index in [-0.39, 0.29) is 0 Å². The number of hydrogen-bond donors (Lipinski definition) is 0. The Labute approximate surface area is 187 Å². The molecule has 2 heterocycles. The molecule has 0 unspecified atom stereocenters. The molecule has 0 bridgehead atoms. The topological polar surface area (TPSA) is 3.88 Å². The average Bonchev–Trinajstić information content (AvgIpc) is 2.80. The Morgan fingerprint density at radius 1 is 0.774 bits per heavy atom. The summed E-state index contributed by atoms with van der Waals surface area (Å²) in [6.07, 6.45) is 6.50. The van der Waals surface area contributed by atoms with E-state index >= 15 is 0 Å². The van der Waals surface area contributed by atoms with Gasteiger partial charge in [0.15, 0.2) is 6.20 Å². The quantitative estimate of drug-likeness (QED) is 0.253. The zero-order chi connectivity index (χ0) is 21.4. The van der Waals surface area contributed by atoms with Crippen LogP contribution in [0.15, 0.2) is 79.0 Å². The van der Waals surface area contributed by atoms with Crippen molar-refractivity contribution in [3.63, 3.8) is 0 Å². The number of pyridine rings is 1. The highest BCUT2D eigenvalue weighted by Gasteiger charge is 2.31. The van der Waals surface area contributed by atoms with E-state index in [9.17, 15) is 0 Å². The molecule has 0 atom stereocenters. The van der Waals surface area contributed by atoms with E-state index < -0.39 is 8.07 Å². The van der Waals surface area contributed by atoms with Gasteiger partial charge in [-0.05, 0) is 41.1 Å². The van der Waals surface area contributed by atoms with E-state index in [1.54, 1.807) is 5.19 Å². The Hall–Kier alpha value is -2.71. The summed E-state index contributed by atoms with van der Waals surface area (Å²) >= 11 is 0. The highest BCUT2D eigenvalue weighted by molar-refractivity contribution is 6.91. The van der Waals surface area contributed by atoms with Crippen molar-refractivity contribution in [2.75, 3.05) is 0 Å². The second-order valence-corrected chi connectivity index (χ2v) is 14.3. The zero-order valence-electron chi connectivity index (χ0n) is 19.0. The number of aromatic nitrogens is 1. The van der Waals surface area contributed by atoms with Gasteiger partial charge in [0.1, 0.15) is 7.05 Å². The van der Waals surface area contributed by atoms with Crippen molar-refractivity contribution >= 4 is 24.0 Å². The summed E-state index contributed by atoms with van der Waals surface area (Å²) in [5.74, 6) is 0. The van der Waals surface area contributed by atoms with Crippen LogP contribution >= 0.6 is 0 Å². The fourth-order valence-electron chi connectivity index (χ4n) is 5.39. The van der Waals surface area contributed by atoms with E-state index in [0.717, 1.165) is 0 Å². The maximum absolute atomic E-state index is 2.60. The van der Waals surface area contributed by atoms with Crippen LogP contribution in [0.4, 0.5) is 0 Å². The fraction of sp³-hybridized carbons (Fsp3) is 0.276. The molecule has 0 spiro atoms. The minimum absolute atomic E-state index is 1.27. The van der Waals surface area contributed by atoms with E-state index in [4.69, 9.17) is 0 Å². The standard InChI is InChI=1S/C29H32NSi/c1-22-12-13-24(23-10-6-4-7-11-23)21-28(22)29-27-15-14-26(20-25(27)16-17-30(29)2)31(3)18-8-5-9-19-31/h4,6-7,10-17,20-21H,5,8-9,18-19H2,1-3H3/q+1. The predicted octanol–water partition coefficient (Wildman–Crippen LogP) is 6.78. The second kappa shape index (κ2) is 8.09. The van der Waals surface area contributed by atoms with Crippen molar-refractivity contribution in [3.8, 4) is 22.4 Å². The third-order valence-corrected chi connectivity index (χ3v) is 12.0. The smallest absolute Gasteiger partial charge is 0.200 e. The molecule has 1 saturated heterocycles. The molecule has 0 N–H and O–H groups in total. The summed E-state index contributed by atoms with van der Waals surface area (Å²) in [5, 5.41) is 4.39. The van der Waals surface area contributed by atoms with Crippen LogP contribution in [0.1, 0.15) is 24.8 Å². The van der Waals surface area contributed by atoms with Gasteiger partial charge in [-0.15, -0.1) is 0 Å². The molecule has 5 rings (SSSR count). The van der Waals surface area contributed by atoms with Crippen LogP contribution in [-0.2, 0) is 7.05 Å². The molecule has 1 fully saturated rings. The Morgan fingerprint density at radius 2 is 1.55 bits per heavy atom. The number of benzene rings is 3. The van der Waals surface area contributed by atoms with Gasteiger partial charge in [-0.3, -0.25) is 0 Å².